The number of esters is 1. The number of aromatic nitrogens is 1. The van der Waals surface area contributed by atoms with Crippen LogP contribution in [0.3, 0.4) is 0 Å². The average molecular weight is 336 g/mol. The van der Waals surface area contributed by atoms with Crippen molar-refractivity contribution >= 4 is 22.6 Å². The molecule has 0 spiro atoms. The number of para-hydroxylation sites is 1. The van der Waals surface area contributed by atoms with Gasteiger partial charge in [0.25, 0.3) is 5.69 Å². The Kier molecular flexibility index (Phi) is 4.43. The molecule has 0 N–H and O–H groups in total. The molecule has 126 valence electrons. The van der Waals surface area contributed by atoms with Crippen LogP contribution in [0.5, 0.6) is 0 Å². The Bertz CT molecular complexity index is 969. The number of aryl methyl sites for hydroxylation is 1. The summed E-state index contributed by atoms with van der Waals surface area (Å²) >= 11 is 0. The average Bonchev–Trinajstić information content (AvgIpc) is 2.60. The summed E-state index contributed by atoms with van der Waals surface area (Å²) in [6.07, 6.45) is -0.611. The SMILES string of the molecule is Cc1cc(C(=O)O[C@@H](C)c2cccc([N+](=O)[O-])c2)c2ccccc2n1. The summed E-state index contributed by atoms with van der Waals surface area (Å²) in [7, 11) is 0. The van der Waals surface area contributed by atoms with Gasteiger partial charge >= 0.3 is 5.97 Å². The molecule has 1 aromatic heterocycles. The van der Waals surface area contributed by atoms with Crippen molar-refractivity contribution in [3.8, 4) is 0 Å². The van der Waals surface area contributed by atoms with Gasteiger partial charge in [0.1, 0.15) is 6.10 Å². The second-order valence-corrected chi connectivity index (χ2v) is 5.73. The molecule has 0 unspecified atom stereocenters. The summed E-state index contributed by atoms with van der Waals surface area (Å²) in [6.45, 7) is 3.50. The zero-order valence-electron chi connectivity index (χ0n) is 13.8. The highest BCUT2D eigenvalue weighted by Gasteiger charge is 2.18. The van der Waals surface area contributed by atoms with Crippen molar-refractivity contribution in [2.75, 3.05) is 0 Å². The van der Waals surface area contributed by atoms with Gasteiger partial charge in [-0.15, -0.1) is 0 Å². The Morgan fingerprint density at radius 2 is 1.92 bits per heavy atom. The standard InChI is InChI=1S/C19H16N2O4/c1-12-10-17(16-8-3-4-9-18(16)20-12)19(22)25-13(2)14-6-5-7-15(11-14)21(23)24/h3-11,13H,1-2H3/t13-/m0/s1. The quantitative estimate of drug-likeness (QED) is 0.401. The van der Waals surface area contributed by atoms with Gasteiger partial charge < -0.3 is 4.74 Å². The first-order chi connectivity index (χ1) is 12.0. The van der Waals surface area contributed by atoms with Crippen LogP contribution in [0, 0.1) is 17.0 Å². The Morgan fingerprint density at radius 1 is 1.16 bits per heavy atom. The molecule has 1 atom stereocenters. The van der Waals surface area contributed by atoms with E-state index in [2.05, 4.69) is 4.98 Å². The molecule has 0 fully saturated rings. The Morgan fingerprint density at radius 3 is 2.68 bits per heavy atom. The minimum absolute atomic E-state index is 0.0365. The lowest BCUT2D eigenvalue weighted by molar-refractivity contribution is -0.385. The smallest absolute Gasteiger partial charge is 0.339 e. The van der Waals surface area contributed by atoms with Crippen molar-refractivity contribution in [1.29, 1.82) is 0 Å². The number of carbonyl (C=O) groups is 1. The minimum Gasteiger partial charge on any atom is -0.454 e. The lowest BCUT2D eigenvalue weighted by Crippen LogP contribution is -2.10. The molecule has 6 nitrogen and oxygen atoms in total. The number of nitro benzene ring substituents is 1. The number of benzene rings is 2. The van der Waals surface area contributed by atoms with Crippen molar-refractivity contribution in [2.24, 2.45) is 0 Å². The number of nitro groups is 1. The summed E-state index contributed by atoms with van der Waals surface area (Å²) < 4.78 is 5.53. The van der Waals surface area contributed by atoms with Crippen molar-refractivity contribution in [1.82, 2.24) is 4.98 Å². The van der Waals surface area contributed by atoms with Crippen molar-refractivity contribution in [3.05, 3.63) is 81.5 Å². The van der Waals surface area contributed by atoms with Gasteiger partial charge in [0, 0.05) is 23.2 Å². The number of fused-ring (bicyclic) bond motifs is 1. The first-order valence-electron chi connectivity index (χ1n) is 7.77. The van der Waals surface area contributed by atoms with Crippen LogP contribution in [0.25, 0.3) is 10.9 Å². The predicted octanol–water partition coefficient (Wildman–Crippen LogP) is 4.37. The van der Waals surface area contributed by atoms with Crippen LogP contribution in [-0.4, -0.2) is 15.9 Å². The molecule has 0 aliphatic rings. The fraction of sp³-hybridized carbons (Fsp3) is 0.158. The number of hydrogen-bond donors (Lipinski definition) is 0. The number of non-ortho nitro benzene ring substituents is 1. The summed E-state index contributed by atoms with van der Waals surface area (Å²) in [5.74, 6) is -0.485. The zero-order valence-corrected chi connectivity index (χ0v) is 13.8. The lowest BCUT2D eigenvalue weighted by Gasteiger charge is -2.15. The first kappa shape index (κ1) is 16.6. The largest absolute Gasteiger partial charge is 0.454 e. The molecular formula is C19H16N2O4. The zero-order chi connectivity index (χ0) is 18.0. The highest BCUT2D eigenvalue weighted by molar-refractivity contribution is 6.03. The third-order valence-corrected chi connectivity index (χ3v) is 3.90. The van der Waals surface area contributed by atoms with E-state index in [0.29, 0.717) is 22.2 Å². The normalized spacial score (nSPS) is 11.9. The van der Waals surface area contributed by atoms with Crippen molar-refractivity contribution < 1.29 is 14.5 Å². The molecule has 0 radical (unpaired) electrons. The molecule has 3 rings (SSSR count). The van der Waals surface area contributed by atoms with Crippen LogP contribution >= 0.6 is 0 Å². The van der Waals surface area contributed by atoms with Crippen LogP contribution in [0.15, 0.2) is 54.6 Å². The maximum absolute atomic E-state index is 12.6. The molecule has 0 aliphatic carbocycles. The first-order valence-corrected chi connectivity index (χ1v) is 7.77. The van der Waals surface area contributed by atoms with E-state index >= 15 is 0 Å². The van der Waals surface area contributed by atoms with Crippen LogP contribution < -0.4 is 0 Å². The summed E-state index contributed by atoms with van der Waals surface area (Å²) in [6, 6.07) is 15.1. The molecule has 1 heterocycles. The minimum atomic E-state index is -0.611. The molecular weight excluding hydrogens is 320 g/mol. The molecule has 3 aromatic rings. The van der Waals surface area contributed by atoms with E-state index in [4.69, 9.17) is 4.74 Å². The van der Waals surface area contributed by atoms with Gasteiger partial charge in [0.2, 0.25) is 0 Å². The fourth-order valence-electron chi connectivity index (χ4n) is 2.66. The van der Waals surface area contributed by atoms with Gasteiger partial charge in [0.15, 0.2) is 0 Å². The van der Waals surface area contributed by atoms with Gasteiger partial charge in [-0.25, -0.2) is 4.79 Å². The Balaban J connectivity index is 1.90. The highest BCUT2D eigenvalue weighted by atomic mass is 16.6. The molecule has 6 heteroatoms. The summed E-state index contributed by atoms with van der Waals surface area (Å²) in [5.41, 5.74) is 2.40. The number of hydrogen-bond acceptors (Lipinski definition) is 5. The van der Waals surface area contributed by atoms with Gasteiger partial charge in [-0.3, -0.25) is 15.1 Å². The van der Waals surface area contributed by atoms with Crippen LogP contribution in [0.2, 0.25) is 0 Å². The van der Waals surface area contributed by atoms with E-state index < -0.39 is 17.0 Å². The van der Waals surface area contributed by atoms with E-state index in [9.17, 15) is 14.9 Å². The Hall–Kier alpha value is -3.28. The molecule has 0 bridgehead atoms. The number of pyridine rings is 1. The third kappa shape index (κ3) is 3.47. The number of rotatable bonds is 4. The second-order valence-electron chi connectivity index (χ2n) is 5.73. The molecule has 0 saturated heterocycles. The summed E-state index contributed by atoms with van der Waals surface area (Å²) in [5, 5.41) is 11.6. The maximum atomic E-state index is 12.6. The molecule has 0 amide bonds. The fourth-order valence-corrected chi connectivity index (χ4v) is 2.66. The van der Waals surface area contributed by atoms with Gasteiger partial charge in [-0.05, 0) is 31.5 Å². The second kappa shape index (κ2) is 6.68. The van der Waals surface area contributed by atoms with E-state index in [1.807, 2.05) is 31.2 Å². The highest BCUT2D eigenvalue weighted by Crippen LogP contribution is 2.25. The van der Waals surface area contributed by atoms with Crippen LogP contribution in [0.1, 0.15) is 34.6 Å². The van der Waals surface area contributed by atoms with Gasteiger partial charge in [0.05, 0.1) is 16.0 Å². The predicted molar refractivity (Wildman–Crippen MR) is 93.4 cm³/mol. The van der Waals surface area contributed by atoms with Crippen LogP contribution in [0.4, 0.5) is 5.69 Å². The van der Waals surface area contributed by atoms with Crippen LogP contribution in [-0.2, 0) is 4.74 Å². The van der Waals surface area contributed by atoms with E-state index in [0.717, 1.165) is 5.52 Å². The Labute approximate surface area is 144 Å². The van der Waals surface area contributed by atoms with E-state index in [1.165, 1.54) is 12.1 Å². The number of ether oxygens (including phenoxy) is 1. The maximum Gasteiger partial charge on any atom is 0.339 e. The molecule has 2 aromatic carbocycles. The number of carbonyl (C=O) groups excluding carboxylic acids is 1. The van der Waals surface area contributed by atoms with Gasteiger partial charge in [-0.2, -0.15) is 0 Å². The molecule has 25 heavy (non-hydrogen) atoms. The topological polar surface area (TPSA) is 82.3 Å². The summed E-state index contributed by atoms with van der Waals surface area (Å²) in [4.78, 5) is 27.5. The van der Waals surface area contributed by atoms with Crippen molar-refractivity contribution in [2.45, 2.75) is 20.0 Å². The number of nitrogens with zero attached hydrogens (tertiary/aromatic N) is 2. The monoisotopic (exact) mass is 336 g/mol. The third-order valence-electron chi connectivity index (χ3n) is 3.90. The molecule has 0 aliphatic heterocycles. The lowest BCUT2D eigenvalue weighted by atomic mass is 10.1. The van der Waals surface area contributed by atoms with E-state index in [-0.39, 0.29) is 5.69 Å². The van der Waals surface area contributed by atoms with Crippen molar-refractivity contribution in [3.63, 3.8) is 0 Å². The van der Waals surface area contributed by atoms with Gasteiger partial charge in [-0.1, -0.05) is 30.3 Å². The van der Waals surface area contributed by atoms with E-state index in [1.54, 1.807) is 25.1 Å². The molecule has 0 saturated carbocycles.